The molecule has 0 aliphatic heterocycles. The van der Waals surface area contributed by atoms with Gasteiger partial charge in [0, 0.05) is 25.8 Å². The highest BCUT2D eigenvalue weighted by Crippen LogP contribution is 1.97. The quantitative estimate of drug-likeness (QED) is 0.689. The Morgan fingerprint density at radius 1 is 1.69 bits per heavy atom. The maximum atomic E-state index is 8.94. The molecule has 0 bridgehead atoms. The Balaban J connectivity index is 2.38. The fourth-order valence-electron chi connectivity index (χ4n) is 1.16. The molecule has 0 saturated carbocycles. The van der Waals surface area contributed by atoms with E-state index in [0.717, 1.165) is 18.7 Å². The molecule has 0 aliphatic carbocycles. The molecule has 0 aromatic carbocycles. The second-order valence-corrected chi connectivity index (χ2v) is 3.11. The summed E-state index contributed by atoms with van der Waals surface area (Å²) < 4.78 is 1.83. The summed E-state index contributed by atoms with van der Waals surface area (Å²) in [6.45, 7) is 3.00. The van der Waals surface area contributed by atoms with Crippen molar-refractivity contribution in [2.75, 3.05) is 6.61 Å². The Morgan fingerprint density at radius 3 is 2.92 bits per heavy atom. The molecule has 1 heterocycles. The highest BCUT2D eigenvalue weighted by Gasteiger charge is 2.04. The molecule has 0 radical (unpaired) electrons. The summed E-state index contributed by atoms with van der Waals surface area (Å²) >= 11 is 0. The van der Waals surface area contributed by atoms with E-state index in [2.05, 4.69) is 17.3 Å². The Morgan fingerprint density at radius 2 is 2.46 bits per heavy atom. The number of hydrogen-bond donors (Lipinski definition) is 2. The Hall–Kier alpha value is -0.870. The second-order valence-electron chi connectivity index (χ2n) is 3.11. The third kappa shape index (κ3) is 2.82. The first-order valence-corrected chi connectivity index (χ1v) is 4.59. The van der Waals surface area contributed by atoms with Crippen molar-refractivity contribution < 1.29 is 5.11 Å². The summed E-state index contributed by atoms with van der Waals surface area (Å²) in [5.74, 6) is 0. The van der Waals surface area contributed by atoms with Crippen molar-refractivity contribution >= 4 is 0 Å². The third-order valence-corrected chi connectivity index (χ3v) is 2.21. The van der Waals surface area contributed by atoms with Crippen LogP contribution in [0, 0.1) is 0 Å². The van der Waals surface area contributed by atoms with Crippen LogP contribution in [0.3, 0.4) is 0 Å². The summed E-state index contributed by atoms with van der Waals surface area (Å²) in [7, 11) is 1.91. The molecule has 1 aromatic heterocycles. The SMILES string of the molecule is CC[C@H](CO)NCc1ccnn1C. The van der Waals surface area contributed by atoms with Gasteiger partial charge in [0.05, 0.1) is 12.3 Å². The van der Waals surface area contributed by atoms with E-state index in [4.69, 9.17) is 5.11 Å². The topological polar surface area (TPSA) is 50.1 Å². The summed E-state index contributed by atoms with van der Waals surface area (Å²) in [5, 5.41) is 16.3. The molecule has 4 nitrogen and oxygen atoms in total. The van der Waals surface area contributed by atoms with Crippen molar-refractivity contribution in [3.05, 3.63) is 18.0 Å². The number of aryl methyl sites for hydroxylation is 1. The van der Waals surface area contributed by atoms with Crippen LogP contribution in [-0.4, -0.2) is 27.5 Å². The summed E-state index contributed by atoms with van der Waals surface area (Å²) in [4.78, 5) is 0. The fraction of sp³-hybridized carbons (Fsp3) is 0.667. The first kappa shape index (κ1) is 10.2. The monoisotopic (exact) mass is 183 g/mol. The van der Waals surface area contributed by atoms with Crippen LogP contribution in [0.4, 0.5) is 0 Å². The molecule has 0 amide bonds. The van der Waals surface area contributed by atoms with Gasteiger partial charge in [0.15, 0.2) is 0 Å². The molecule has 1 aromatic rings. The molecule has 1 atom stereocenters. The zero-order valence-corrected chi connectivity index (χ0v) is 8.20. The molecule has 2 N–H and O–H groups in total. The fourth-order valence-corrected chi connectivity index (χ4v) is 1.16. The van der Waals surface area contributed by atoms with E-state index in [1.54, 1.807) is 6.20 Å². The smallest absolute Gasteiger partial charge is 0.0584 e. The molecule has 74 valence electrons. The lowest BCUT2D eigenvalue weighted by Crippen LogP contribution is -2.31. The third-order valence-electron chi connectivity index (χ3n) is 2.21. The van der Waals surface area contributed by atoms with E-state index >= 15 is 0 Å². The van der Waals surface area contributed by atoms with Gasteiger partial charge in [0.1, 0.15) is 0 Å². The van der Waals surface area contributed by atoms with Crippen LogP contribution in [-0.2, 0) is 13.6 Å². The van der Waals surface area contributed by atoms with Crippen LogP contribution in [0.15, 0.2) is 12.3 Å². The number of hydrogen-bond acceptors (Lipinski definition) is 3. The van der Waals surface area contributed by atoms with Crippen LogP contribution in [0.5, 0.6) is 0 Å². The van der Waals surface area contributed by atoms with Crippen molar-refractivity contribution in [1.29, 1.82) is 0 Å². The van der Waals surface area contributed by atoms with Gasteiger partial charge in [-0.3, -0.25) is 4.68 Å². The molecular weight excluding hydrogens is 166 g/mol. The number of aliphatic hydroxyl groups is 1. The number of nitrogens with zero attached hydrogens (tertiary/aromatic N) is 2. The summed E-state index contributed by atoms with van der Waals surface area (Å²) in [6, 6.07) is 2.16. The maximum absolute atomic E-state index is 8.94. The van der Waals surface area contributed by atoms with Gasteiger partial charge < -0.3 is 10.4 Å². The highest BCUT2D eigenvalue weighted by atomic mass is 16.3. The molecule has 0 saturated heterocycles. The van der Waals surface area contributed by atoms with Crippen molar-refractivity contribution in [3.63, 3.8) is 0 Å². The summed E-state index contributed by atoms with van der Waals surface area (Å²) in [6.07, 6.45) is 2.71. The van der Waals surface area contributed by atoms with Crippen LogP contribution in [0.1, 0.15) is 19.0 Å². The molecule has 0 spiro atoms. The van der Waals surface area contributed by atoms with Gasteiger partial charge in [-0.2, -0.15) is 5.10 Å². The van der Waals surface area contributed by atoms with Crippen molar-refractivity contribution in [3.8, 4) is 0 Å². The van der Waals surface area contributed by atoms with Gasteiger partial charge in [-0.15, -0.1) is 0 Å². The lowest BCUT2D eigenvalue weighted by Gasteiger charge is -2.13. The first-order valence-electron chi connectivity index (χ1n) is 4.59. The van der Waals surface area contributed by atoms with E-state index in [1.807, 2.05) is 17.8 Å². The molecule has 1 rings (SSSR count). The normalized spacial score (nSPS) is 13.2. The van der Waals surface area contributed by atoms with Crippen molar-refractivity contribution in [1.82, 2.24) is 15.1 Å². The van der Waals surface area contributed by atoms with Gasteiger partial charge in [0.25, 0.3) is 0 Å². The predicted molar refractivity (Wildman–Crippen MR) is 51.2 cm³/mol. The number of aromatic nitrogens is 2. The standard InChI is InChI=1S/C9H17N3O/c1-3-8(7-13)10-6-9-4-5-11-12(9)2/h4-5,8,10,13H,3,6-7H2,1-2H3/t8-/m1/s1. The number of aliphatic hydroxyl groups excluding tert-OH is 1. The van der Waals surface area contributed by atoms with Crippen LogP contribution < -0.4 is 5.32 Å². The Bertz CT molecular complexity index is 243. The average molecular weight is 183 g/mol. The zero-order chi connectivity index (χ0) is 9.68. The minimum Gasteiger partial charge on any atom is -0.395 e. The first-order chi connectivity index (χ1) is 6.27. The maximum Gasteiger partial charge on any atom is 0.0584 e. The van der Waals surface area contributed by atoms with Crippen molar-refractivity contribution in [2.24, 2.45) is 7.05 Å². The largest absolute Gasteiger partial charge is 0.395 e. The number of rotatable bonds is 5. The van der Waals surface area contributed by atoms with E-state index < -0.39 is 0 Å². The molecule has 4 heteroatoms. The van der Waals surface area contributed by atoms with E-state index in [0.29, 0.717) is 0 Å². The van der Waals surface area contributed by atoms with Crippen molar-refractivity contribution in [2.45, 2.75) is 25.9 Å². The lowest BCUT2D eigenvalue weighted by molar-refractivity contribution is 0.237. The summed E-state index contributed by atoms with van der Waals surface area (Å²) in [5.41, 5.74) is 1.13. The van der Waals surface area contributed by atoms with Crippen LogP contribution >= 0.6 is 0 Å². The average Bonchev–Trinajstić information content (AvgIpc) is 2.54. The zero-order valence-electron chi connectivity index (χ0n) is 8.20. The Kier molecular flexibility index (Phi) is 3.92. The van der Waals surface area contributed by atoms with Crippen LogP contribution in [0.25, 0.3) is 0 Å². The van der Waals surface area contributed by atoms with E-state index in [9.17, 15) is 0 Å². The van der Waals surface area contributed by atoms with E-state index in [-0.39, 0.29) is 12.6 Å². The predicted octanol–water partition coefficient (Wildman–Crippen LogP) is 0.281. The molecule has 13 heavy (non-hydrogen) atoms. The van der Waals surface area contributed by atoms with Gasteiger partial charge in [-0.1, -0.05) is 6.92 Å². The minimum absolute atomic E-state index is 0.189. The second kappa shape index (κ2) is 4.99. The van der Waals surface area contributed by atoms with Gasteiger partial charge in [0.2, 0.25) is 0 Å². The molecular formula is C9H17N3O. The van der Waals surface area contributed by atoms with Crippen LogP contribution in [0.2, 0.25) is 0 Å². The molecule has 0 fully saturated rings. The van der Waals surface area contributed by atoms with Gasteiger partial charge >= 0.3 is 0 Å². The molecule has 0 aliphatic rings. The van der Waals surface area contributed by atoms with Gasteiger partial charge in [-0.05, 0) is 12.5 Å². The molecule has 0 unspecified atom stereocenters. The lowest BCUT2D eigenvalue weighted by atomic mass is 10.2. The number of nitrogens with one attached hydrogen (secondary N) is 1. The highest BCUT2D eigenvalue weighted by molar-refractivity contribution is 4.99. The minimum atomic E-state index is 0.189. The van der Waals surface area contributed by atoms with E-state index in [1.165, 1.54) is 0 Å². The Labute approximate surface area is 78.6 Å². The van der Waals surface area contributed by atoms with Gasteiger partial charge in [-0.25, -0.2) is 0 Å².